The molecule has 0 unspecified atom stereocenters. The number of carbonyl (C=O) groups excluding carboxylic acids is 2. The number of carbonyl (C=O) groups is 2. The smallest absolute Gasteiger partial charge is 0.410 e. The van der Waals surface area contributed by atoms with Crippen LogP contribution in [0.5, 0.6) is 11.6 Å². The zero-order valence-corrected chi connectivity index (χ0v) is 23.0. The lowest BCUT2D eigenvalue weighted by molar-refractivity contribution is 0.0280. The molecular formula is C29H34N6O4. The summed E-state index contributed by atoms with van der Waals surface area (Å²) in [6.45, 7) is 8.51. The zero-order chi connectivity index (χ0) is 27.7. The van der Waals surface area contributed by atoms with E-state index in [9.17, 15) is 9.59 Å². The second-order valence-electron chi connectivity index (χ2n) is 10.9. The van der Waals surface area contributed by atoms with Crippen molar-refractivity contribution in [2.75, 3.05) is 7.05 Å². The summed E-state index contributed by atoms with van der Waals surface area (Å²) in [4.78, 5) is 35.5. The average molecular weight is 531 g/mol. The summed E-state index contributed by atoms with van der Waals surface area (Å²) in [7, 11) is 1.63. The van der Waals surface area contributed by atoms with Crippen LogP contribution in [0.25, 0.3) is 10.9 Å². The third-order valence-electron chi connectivity index (χ3n) is 6.41. The number of ether oxygens (including phenoxy) is 2. The van der Waals surface area contributed by atoms with E-state index in [0.29, 0.717) is 23.4 Å². The maximum atomic E-state index is 13.1. The Kier molecular flexibility index (Phi) is 7.12. The lowest BCUT2D eigenvalue weighted by Gasteiger charge is -2.24. The minimum atomic E-state index is -0.586. The maximum absolute atomic E-state index is 13.1. The highest BCUT2D eigenvalue weighted by Gasteiger charge is 2.28. The number of benzene rings is 1. The molecule has 3 heterocycles. The van der Waals surface area contributed by atoms with E-state index in [-0.39, 0.29) is 18.9 Å². The maximum Gasteiger partial charge on any atom is 0.410 e. The first kappa shape index (κ1) is 26.4. The Morgan fingerprint density at radius 2 is 1.92 bits per heavy atom. The molecule has 3 aromatic heterocycles. The number of nitrogens with zero attached hydrogens (tertiary/aromatic N) is 6. The van der Waals surface area contributed by atoms with Gasteiger partial charge in [0.2, 0.25) is 11.8 Å². The largest absolute Gasteiger partial charge is 0.444 e. The van der Waals surface area contributed by atoms with E-state index < -0.39 is 11.7 Å². The first-order chi connectivity index (χ1) is 18.6. The first-order valence-corrected chi connectivity index (χ1v) is 13.2. The van der Waals surface area contributed by atoms with Crippen LogP contribution in [0, 0.1) is 0 Å². The van der Waals surface area contributed by atoms with Gasteiger partial charge in [0.05, 0.1) is 24.2 Å². The Morgan fingerprint density at radius 3 is 2.64 bits per heavy atom. The van der Waals surface area contributed by atoms with Crippen LogP contribution in [0.1, 0.15) is 68.5 Å². The van der Waals surface area contributed by atoms with E-state index in [1.54, 1.807) is 36.1 Å². The molecule has 1 aliphatic carbocycles. The fourth-order valence-electron chi connectivity index (χ4n) is 4.43. The number of rotatable bonds is 8. The number of amides is 1. The van der Waals surface area contributed by atoms with Gasteiger partial charge in [0.15, 0.2) is 5.82 Å². The normalized spacial score (nSPS) is 13.5. The van der Waals surface area contributed by atoms with Crippen molar-refractivity contribution in [1.29, 1.82) is 0 Å². The summed E-state index contributed by atoms with van der Waals surface area (Å²) in [5.74, 6) is 1.91. The van der Waals surface area contributed by atoms with Gasteiger partial charge in [0, 0.05) is 49.1 Å². The predicted octanol–water partition coefficient (Wildman–Crippen LogP) is 5.57. The fourth-order valence-corrected chi connectivity index (χ4v) is 4.43. The van der Waals surface area contributed by atoms with E-state index in [0.717, 1.165) is 23.1 Å². The highest BCUT2D eigenvalue weighted by Crippen LogP contribution is 2.40. The zero-order valence-electron chi connectivity index (χ0n) is 23.0. The third kappa shape index (κ3) is 6.27. The van der Waals surface area contributed by atoms with Crippen LogP contribution >= 0.6 is 0 Å². The fraction of sp³-hybridized carbons (Fsp3) is 0.414. The van der Waals surface area contributed by atoms with Crippen molar-refractivity contribution in [1.82, 2.24) is 29.2 Å². The molecule has 10 heteroatoms. The minimum absolute atomic E-state index is 0.0312. The molecule has 0 aliphatic heterocycles. The first-order valence-electron chi connectivity index (χ1n) is 13.2. The Morgan fingerprint density at radius 1 is 1.13 bits per heavy atom. The molecule has 0 bridgehead atoms. The third-order valence-corrected chi connectivity index (χ3v) is 6.41. The van der Waals surface area contributed by atoms with Crippen molar-refractivity contribution in [3.05, 3.63) is 66.0 Å². The number of hydrogen-bond donors (Lipinski definition) is 0. The van der Waals surface area contributed by atoms with E-state index in [1.807, 2.05) is 43.7 Å². The Bertz CT molecular complexity index is 1510. The molecule has 0 spiro atoms. The molecule has 5 rings (SSSR count). The highest BCUT2D eigenvalue weighted by atomic mass is 16.6. The summed E-state index contributed by atoms with van der Waals surface area (Å²) in [6.07, 6.45) is 5.56. The molecule has 204 valence electrons. The van der Waals surface area contributed by atoms with E-state index in [4.69, 9.17) is 9.47 Å². The summed E-state index contributed by atoms with van der Waals surface area (Å²) in [5.41, 5.74) is 2.26. The highest BCUT2D eigenvalue weighted by molar-refractivity contribution is 5.93. The number of aryl methyl sites for hydroxylation is 1. The summed E-state index contributed by atoms with van der Waals surface area (Å²) < 4.78 is 15.0. The molecule has 1 amide bonds. The van der Waals surface area contributed by atoms with E-state index >= 15 is 0 Å². The second kappa shape index (κ2) is 10.5. The van der Waals surface area contributed by atoms with Crippen molar-refractivity contribution in [2.24, 2.45) is 0 Å². The van der Waals surface area contributed by atoms with Gasteiger partial charge >= 0.3 is 6.09 Å². The van der Waals surface area contributed by atoms with Crippen LogP contribution < -0.4 is 4.74 Å². The quantitative estimate of drug-likeness (QED) is 0.293. The van der Waals surface area contributed by atoms with Crippen molar-refractivity contribution in [3.63, 3.8) is 0 Å². The van der Waals surface area contributed by atoms with Crippen LogP contribution in [0.2, 0.25) is 0 Å². The predicted molar refractivity (Wildman–Crippen MR) is 146 cm³/mol. The lowest BCUT2D eigenvalue weighted by Crippen LogP contribution is -2.34. The van der Waals surface area contributed by atoms with Gasteiger partial charge in [0.25, 0.3) is 0 Å². The monoisotopic (exact) mass is 530 g/mol. The van der Waals surface area contributed by atoms with Crippen molar-refractivity contribution >= 4 is 22.9 Å². The molecule has 1 saturated carbocycles. The Labute approximate surface area is 227 Å². The van der Waals surface area contributed by atoms with Gasteiger partial charge in [-0.2, -0.15) is 10.1 Å². The van der Waals surface area contributed by atoms with Gasteiger partial charge in [-0.15, -0.1) is 0 Å². The summed E-state index contributed by atoms with van der Waals surface area (Å²) in [5, 5.41) is 5.53. The molecular weight excluding hydrogens is 496 g/mol. The molecule has 10 nitrogen and oxygen atoms in total. The average Bonchev–Trinajstić information content (AvgIpc) is 3.50. The molecule has 39 heavy (non-hydrogen) atoms. The Hall–Kier alpha value is -4.21. The summed E-state index contributed by atoms with van der Waals surface area (Å²) >= 11 is 0. The number of fused-ring (bicyclic) bond motifs is 1. The van der Waals surface area contributed by atoms with Crippen molar-refractivity contribution in [3.8, 4) is 11.6 Å². The van der Waals surface area contributed by atoms with Gasteiger partial charge < -0.3 is 14.4 Å². The molecule has 1 aromatic carbocycles. The van der Waals surface area contributed by atoms with Gasteiger partial charge in [-0.05, 0) is 70.9 Å². The van der Waals surface area contributed by atoms with Gasteiger partial charge in [-0.1, -0.05) is 0 Å². The van der Waals surface area contributed by atoms with E-state index in [1.165, 1.54) is 23.4 Å². The molecule has 0 saturated heterocycles. The lowest BCUT2D eigenvalue weighted by atomic mass is 10.2. The molecule has 0 radical (unpaired) electrons. The van der Waals surface area contributed by atoms with E-state index in [2.05, 4.69) is 28.1 Å². The molecule has 4 aromatic rings. The van der Waals surface area contributed by atoms with Gasteiger partial charge in [-0.25, -0.2) is 9.78 Å². The van der Waals surface area contributed by atoms with Crippen molar-refractivity contribution < 1.29 is 19.1 Å². The Balaban J connectivity index is 1.26. The number of aromatic nitrogens is 5. The molecule has 1 fully saturated rings. The van der Waals surface area contributed by atoms with Crippen LogP contribution in [0.15, 0.2) is 48.8 Å². The second-order valence-corrected chi connectivity index (χ2v) is 10.9. The van der Waals surface area contributed by atoms with Gasteiger partial charge in [0.1, 0.15) is 11.4 Å². The summed E-state index contributed by atoms with van der Waals surface area (Å²) in [6, 6.07) is 11.2. The molecule has 1 aliphatic rings. The standard InChI is InChI=1S/C29H34N6O4/c1-6-35-24(19-7-8-19)16-21(32-35)17-27(36)34-14-12-20-15-22(9-10-23(20)34)38-26-11-13-30-25(31-26)18-33(5)28(37)39-29(2,3)4/h9-16,19H,6-8,17-18H2,1-5H3. The van der Waals surface area contributed by atoms with Crippen molar-refractivity contribution in [2.45, 2.75) is 71.6 Å². The topological polar surface area (TPSA) is 104 Å². The number of hydrogen-bond acceptors (Lipinski definition) is 7. The van der Waals surface area contributed by atoms with Crippen LogP contribution in [0.4, 0.5) is 4.79 Å². The van der Waals surface area contributed by atoms with Crippen LogP contribution in [-0.2, 0) is 24.2 Å². The minimum Gasteiger partial charge on any atom is -0.444 e. The van der Waals surface area contributed by atoms with Crippen LogP contribution in [-0.4, -0.2) is 53.9 Å². The molecule has 0 N–H and O–H groups in total. The molecule has 0 atom stereocenters. The SMILES string of the molecule is CCn1nc(CC(=O)n2ccc3cc(Oc4ccnc(CN(C)C(=O)OC(C)(C)C)n4)ccc32)cc1C1CC1. The van der Waals surface area contributed by atoms with Crippen LogP contribution in [0.3, 0.4) is 0 Å². The van der Waals surface area contributed by atoms with Gasteiger partial charge in [-0.3, -0.25) is 14.0 Å².